The summed E-state index contributed by atoms with van der Waals surface area (Å²) >= 11 is 0. The predicted octanol–water partition coefficient (Wildman–Crippen LogP) is 5.94. The first-order valence-corrected chi connectivity index (χ1v) is 21.4. The fourth-order valence-electron chi connectivity index (χ4n) is 9.72. The number of ketones is 2. The maximum Gasteiger partial charge on any atom is 0.410 e. The number of esters is 1. The number of imidazole rings is 1. The highest BCUT2D eigenvalue weighted by molar-refractivity contribution is 6.08. The molecule has 3 aliphatic rings. The van der Waals surface area contributed by atoms with Crippen LogP contribution in [0.2, 0.25) is 0 Å². The number of amides is 1. The van der Waals surface area contributed by atoms with Gasteiger partial charge in [-0.25, -0.2) is 19.0 Å². The number of hydrogen-bond donors (Lipinski definition) is 2. The minimum absolute atomic E-state index is 0.00772. The number of carbonyl (C=O) groups is 4. The molecule has 14 nitrogen and oxygen atoms in total. The van der Waals surface area contributed by atoms with Crippen LogP contribution in [0.1, 0.15) is 98.6 Å². The second kappa shape index (κ2) is 18.7. The molecular formula is C45H67FN4O10. The van der Waals surface area contributed by atoms with Crippen molar-refractivity contribution in [3.63, 3.8) is 0 Å². The number of fused-ring (bicyclic) bond motifs is 2. The van der Waals surface area contributed by atoms with Gasteiger partial charge in [-0.05, 0) is 96.9 Å². The first-order valence-electron chi connectivity index (χ1n) is 21.4. The first kappa shape index (κ1) is 47.3. The Morgan fingerprint density at radius 1 is 1.05 bits per heavy atom. The Labute approximate surface area is 353 Å². The number of ether oxygens (including phenoxy) is 5. The zero-order chi connectivity index (χ0) is 44.5. The fraction of sp³-hybridized carbons (Fsp3) is 0.711. The van der Waals surface area contributed by atoms with Gasteiger partial charge in [0.1, 0.15) is 18.0 Å². The third-order valence-corrected chi connectivity index (χ3v) is 13.4. The average Bonchev–Trinajstić information content (AvgIpc) is 3.71. The van der Waals surface area contributed by atoms with Crippen LogP contribution >= 0.6 is 0 Å². The molecule has 1 aromatic heterocycles. The van der Waals surface area contributed by atoms with E-state index in [-0.39, 0.29) is 31.3 Å². The summed E-state index contributed by atoms with van der Waals surface area (Å²) in [6, 6.07) is 2.79. The lowest BCUT2D eigenvalue weighted by Crippen LogP contribution is -2.62. The summed E-state index contributed by atoms with van der Waals surface area (Å²) in [6.45, 7) is 21.6. The molecule has 5 rings (SSSR count). The standard InChI is InChI=1S/C45H67FN4O10/c1-13-17-47-32-22-28(6)57-40(36(32)52)59-39-30(8)38(53)44(10,46)41(54)58-34(14-2)45(11)37(29(7)35(51)27(5)23-43(39,9)56-12)50(42(55)60-45)19-16-15-18-49-24-48-31-20-25(3)26(4)21-33(31)49/h13,20-21,24,27-30,32,34,36-37,39-40,47,52H,1,14-19,22-23H2,2-12H3/t27-,28-,29+,30-,32+,34-,36+,37?,39-,40?,43-,44+,45-/m1/s1. The van der Waals surface area contributed by atoms with Crippen molar-refractivity contribution >= 4 is 34.7 Å². The highest BCUT2D eigenvalue weighted by atomic mass is 19.1. The van der Waals surface area contributed by atoms with Gasteiger partial charge < -0.3 is 43.6 Å². The molecule has 0 spiro atoms. The van der Waals surface area contributed by atoms with Gasteiger partial charge in [0.2, 0.25) is 0 Å². The smallest absolute Gasteiger partial charge is 0.410 e. The molecule has 3 fully saturated rings. The van der Waals surface area contributed by atoms with Crippen LogP contribution in [0, 0.1) is 31.6 Å². The van der Waals surface area contributed by atoms with Crippen LogP contribution in [0.25, 0.3) is 11.0 Å². The Bertz CT molecular complexity index is 1900. The minimum atomic E-state index is -3.18. The number of Topliss-reactive ketones (excluding diaryl/α,β-unsaturated/α-hetero) is 2. The van der Waals surface area contributed by atoms with Gasteiger partial charge in [0, 0.05) is 50.5 Å². The van der Waals surface area contributed by atoms with Crippen LogP contribution < -0.4 is 5.32 Å². The molecule has 0 bridgehead atoms. The zero-order valence-electron chi connectivity index (χ0n) is 37.3. The topological polar surface area (TPSA) is 168 Å². The van der Waals surface area contributed by atoms with Gasteiger partial charge in [0.25, 0.3) is 5.67 Å². The molecule has 13 atom stereocenters. The number of aromatic nitrogens is 2. The number of rotatable bonds is 12. The van der Waals surface area contributed by atoms with Crippen molar-refractivity contribution in [2.45, 2.75) is 168 Å². The van der Waals surface area contributed by atoms with Gasteiger partial charge in [-0.1, -0.05) is 33.8 Å². The number of halogens is 1. The molecule has 1 amide bonds. The monoisotopic (exact) mass is 842 g/mol. The van der Waals surface area contributed by atoms with Crippen LogP contribution in [-0.2, 0) is 44.6 Å². The summed E-state index contributed by atoms with van der Waals surface area (Å²) in [7, 11) is 1.40. The van der Waals surface area contributed by atoms with E-state index < -0.39 is 89.2 Å². The van der Waals surface area contributed by atoms with E-state index in [1.165, 1.54) is 18.9 Å². The number of aryl methyl sites for hydroxylation is 3. The number of methoxy groups -OCH3 is 1. The van der Waals surface area contributed by atoms with Crippen LogP contribution in [0.15, 0.2) is 31.1 Å². The number of nitrogens with one attached hydrogen (secondary N) is 1. The molecule has 2 N–H and O–H groups in total. The molecule has 0 aliphatic carbocycles. The number of carbonyl (C=O) groups excluding carboxylic acids is 4. The largest absolute Gasteiger partial charge is 0.455 e. The van der Waals surface area contributed by atoms with Crippen molar-refractivity contribution in [2.75, 3.05) is 20.2 Å². The lowest BCUT2D eigenvalue weighted by Gasteiger charge is -2.46. The quantitative estimate of drug-likeness (QED) is 0.112. The normalized spacial score (nSPS) is 37.1. The molecule has 2 aromatic rings. The third kappa shape index (κ3) is 9.20. The Morgan fingerprint density at radius 3 is 2.37 bits per heavy atom. The van der Waals surface area contributed by atoms with Crippen LogP contribution in [-0.4, -0.2) is 123 Å². The summed E-state index contributed by atoms with van der Waals surface area (Å²) in [5.74, 6) is -5.81. The van der Waals surface area contributed by atoms with Gasteiger partial charge in [-0.3, -0.25) is 9.59 Å². The van der Waals surface area contributed by atoms with Crippen molar-refractivity contribution < 1.29 is 52.4 Å². The number of aliphatic hydroxyl groups excluding tert-OH is 1. The molecule has 1 aromatic carbocycles. The summed E-state index contributed by atoms with van der Waals surface area (Å²) in [5.41, 5.74) is -1.99. The summed E-state index contributed by atoms with van der Waals surface area (Å²) < 4.78 is 49.6. The number of benzene rings is 1. The summed E-state index contributed by atoms with van der Waals surface area (Å²) in [4.78, 5) is 63.0. The number of alkyl halides is 1. The zero-order valence-corrected chi connectivity index (χ0v) is 37.3. The molecule has 4 heterocycles. The Kier molecular flexibility index (Phi) is 14.7. The minimum Gasteiger partial charge on any atom is -0.455 e. The first-order chi connectivity index (χ1) is 28.1. The van der Waals surface area contributed by atoms with Gasteiger partial charge in [-0.2, -0.15) is 0 Å². The molecule has 3 saturated heterocycles. The van der Waals surface area contributed by atoms with E-state index in [4.69, 9.17) is 23.7 Å². The highest BCUT2D eigenvalue weighted by Crippen LogP contribution is 2.43. The molecule has 60 heavy (non-hydrogen) atoms. The lowest BCUT2D eigenvalue weighted by molar-refractivity contribution is -0.290. The van der Waals surface area contributed by atoms with E-state index in [1.807, 2.05) is 6.92 Å². The van der Waals surface area contributed by atoms with Crippen molar-refractivity contribution in [3.05, 3.63) is 42.2 Å². The van der Waals surface area contributed by atoms with Gasteiger partial charge in [0.15, 0.2) is 17.7 Å². The number of aliphatic hydroxyl groups is 1. The molecule has 2 unspecified atom stereocenters. The van der Waals surface area contributed by atoms with Gasteiger partial charge in [0.05, 0.1) is 41.2 Å². The van der Waals surface area contributed by atoms with Gasteiger partial charge in [-0.15, -0.1) is 6.58 Å². The average molecular weight is 843 g/mol. The maximum atomic E-state index is 16.9. The molecular weight excluding hydrogens is 776 g/mol. The second-order valence-electron chi connectivity index (χ2n) is 17.9. The summed E-state index contributed by atoms with van der Waals surface area (Å²) in [6.07, 6.45) is -0.864. The molecule has 3 aliphatic heterocycles. The van der Waals surface area contributed by atoms with E-state index >= 15 is 4.39 Å². The fourth-order valence-corrected chi connectivity index (χ4v) is 9.72. The lowest BCUT2D eigenvalue weighted by atomic mass is 9.73. The Morgan fingerprint density at radius 2 is 1.72 bits per heavy atom. The number of nitrogens with zero attached hydrogens (tertiary/aromatic N) is 3. The summed E-state index contributed by atoms with van der Waals surface area (Å²) in [5, 5.41) is 14.6. The van der Waals surface area contributed by atoms with Crippen molar-refractivity contribution in [1.29, 1.82) is 0 Å². The molecule has 0 saturated carbocycles. The Hall–Kier alpha value is -3.76. The molecule has 15 heteroatoms. The van der Waals surface area contributed by atoms with E-state index in [1.54, 1.807) is 47.0 Å². The SMILES string of the molecule is C=CCN[C@H]1C[C@@H](C)OC(O[C@@H]2[C@H](C)C(=O)[C@](C)(F)C(=O)O[C@H](CC)[C@@]3(C)OC(=O)N(CCCCn4cnc5cc(C)c(C)cc54)C3[C@@H](C)C(=O)[C@H](C)C[C@@]2(C)OC)[C@H]1O. The van der Waals surface area contributed by atoms with Crippen molar-refractivity contribution in [2.24, 2.45) is 17.8 Å². The van der Waals surface area contributed by atoms with E-state index in [9.17, 15) is 24.3 Å². The molecule has 0 radical (unpaired) electrons. The molecule has 334 valence electrons. The van der Waals surface area contributed by atoms with E-state index in [2.05, 4.69) is 47.4 Å². The number of cyclic esters (lactones) is 1. The number of hydrogen-bond acceptors (Lipinski definition) is 12. The maximum absolute atomic E-state index is 16.9. The van der Waals surface area contributed by atoms with Crippen LogP contribution in [0.4, 0.5) is 9.18 Å². The van der Waals surface area contributed by atoms with E-state index in [0.29, 0.717) is 32.4 Å². The van der Waals surface area contributed by atoms with Crippen LogP contribution in [0.3, 0.4) is 0 Å². The van der Waals surface area contributed by atoms with Crippen molar-refractivity contribution in [3.8, 4) is 0 Å². The second-order valence-corrected chi connectivity index (χ2v) is 17.9. The Balaban J connectivity index is 1.48. The van der Waals surface area contributed by atoms with Gasteiger partial charge >= 0.3 is 12.1 Å². The number of unbranched alkanes of at least 4 members (excludes halogenated alkanes) is 1. The highest BCUT2D eigenvalue weighted by Gasteiger charge is 2.61. The van der Waals surface area contributed by atoms with Crippen molar-refractivity contribution in [1.82, 2.24) is 19.8 Å². The van der Waals surface area contributed by atoms with E-state index in [0.717, 1.165) is 29.1 Å². The predicted molar refractivity (Wildman–Crippen MR) is 223 cm³/mol. The van der Waals surface area contributed by atoms with Crippen LogP contribution in [0.5, 0.6) is 0 Å². The third-order valence-electron chi connectivity index (χ3n) is 13.4.